The zero-order chi connectivity index (χ0) is 8.27. The van der Waals surface area contributed by atoms with Gasteiger partial charge in [0, 0.05) is 17.5 Å². The first-order chi connectivity index (χ1) is 5.25. The normalized spacial score (nSPS) is 13.0. The summed E-state index contributed by atoms with van der Waals surface area (Å²) in [4.78, 5) is 3.99. The Kier molecular flexibility index (Phi) is 2.53. The molecule has 0 aliphatic carbocycles. The SMILES string of the molecule is Cc1ncccc1C(O)NN. The molecule has 11 heavy (non-hydrogen) atoms. The van der Waals surface area contributed by atoms with Gasteiger partial charge in [0.15, 0.2) is 0 Å². The second kappa shape index (κ2) is 3.43. The molecule has 1 atom stereocenters. The van der Waals surface area contributed by atoms with Gasteiger partial charge in [-0.1, -0.05) is 6.07 Å². The molecular weight excluding hydrogens is 142 g/mol. The van der Waals surface area contributed by atoms with E-state index in [2.05, 4.69) is 10.4 Å². The Hall–Kier alpha value is -0.970. The molecule has 1 rings (SSSR count). The van der Waals surface area contributed by atoms with E-state index in [1.807, 2.05) is 6.92 Å². The highest BCUT2D eigenvalue weighted by atomic mass is 16.3. The topological polar surface area (TPSA) is 71.2 Å². The van der Waals surface area contributed by atoms with Gasteiger partial charge in [0.25, 0.3) is 0 Å². The summed E-state index contributed by atoms with van der Waals surface area (Å²) in [5.74, 6) is 5.05. The average molecular weight is 153 g/mol. The maximum absolute atomic E-state index is 9.23. The van der Waals surface area contributed by atoms with Crippen LogP contribution in [0.15, 0.2) is 18.3 Å². The molecule has 0 aliphatic heterocycles. The number of hydrogen-bond donors (Lipinski definition) is 3. The number of nitrogens with two attached hydrogens (primary N) is 1. The maximum atomic E-state index is 9.23. The average Bonchev–Trinajstić information content (AvgIpc) is 2.04. The van der Waals surface area contributed by atoms with Gasteiger partial charge in [-0.3, -0.25) is 10.8 Å². The van der Waals surface area contributed by atoms with E-state index in [0.29, 0.717) is 5.56 Å². The third kappa shape index (κ3) is 1.74. The summed E-state index contributed by atoms with van der Waals surface area (Å²) in [6, 6.07) is 3.52. The van der Waals surface area contributed by atoms with Crippen LogP contribution in [-0.2, 0) is 0 Å². The minimum atomic E-state index is -0.830. The fraction of sp³-hybridized carbons (Fsp3) is 0.286. The number of aromatic nitrogens is 1. The largest absolute Gasteiger partial charge is 0.373 e. The van der Waals surface area contributed by atoms with Crippen molar-refractivity contribution < 1.29 is 5.11 Å². The fourth-order valence-corrected chi connectivity index (χ4v) is 0.875. The summed E-state index contributed by atoms with van der Waals surface area (Å²) >= 11 is 0. The summed E-state index contributed by atoms with van der Waals surface area (Å²) in [5, 5.41) is 9.23. The molecule has 1 aromatic heterocycles. The molecule has 0 aliphatic rings. The van der Waals surface area contributed by atoms with E-state index in [1.165, 1.54) is 0 Å². The molecule has 4 nitrogen and oxygen atoms in total. The summed E-state index contributed by atoms with van der Waals surface area (Å²) in [6.45, 7) is 1.82. The lowest BCUT2D eigenvalue weighted by Crippen LogP contribution is -2.28. The van der Waals surface area contributed by atoms with Crippen LogP contribution >= 0.6 is 0 Å². The van der Waals surface area contributed by atoms with Crippen molar-refractivity contribution in [1.82, 2.24) is 10.4 Å². The number of pyridine rings is 1. The van der Waals surface area contributed by atoms with Crippen LogP contribution < -0.4 is 11.3 Å². The van der Waals surface area contributed by atoms with E-state index in [-0.39, 0.29) is 0 Å². The van der Waals surface area contributed by atoms with Gasteiger partial charge in [0.2, 0.25) is 0 Å². The van der Waals surface area contributed by atoms with E-state index in [1.54, 1.807) is 18.3 Å². The molecule has 0 radical (unpaired) electrons. The quantitative estimate of drug-likeness (QED) is 0.314. The number of rotatable bonds is 2. The molecule has 1 aromatic rings. The Labute approximate surface area is 65.0 Å². The summed E-state index contributed by atoms with van der Waals surface area (Å²) in [7, 11) is 0. The van der Waals surface area contributed by atoms with Crippen LogP contribution in [0.1, 0.15) is 17.5 Å². The molecule has 0 saturated carbocycles. The van der Waals surface area contributed by atoms with Crippen molar-refractivity contribution in [3.63, 3.8) is 0 Å². The second-order valence-corrected chi connectivity index (χ2v) is 2.25. The van der Waals surface area contributed by atoms with E-state index >= 15 is 0 Å². The number of hydrogen-bond acceptors (Lipinski definition) is 4. The molecular formula is C7H11N3O. The molecule has 1 heterocycles. The van der Waals surface area contributed by atoms with Gasteiger partial charge in [0.05, 0.1) is 0 Å². The van der Waals surface area contributed by atoms with Gasteiger partial charge in [-0.15, -0.1) is 0 Å². The number of aryl methyl sites for hydroxylation is 1. The highest BCUT2D eigenvalue weighted by molar-refractivity contribution is 5.19. The molecule has 60 valence electrons. The third-order valence-electron chi connectivity index (χ3n) is 1.50. The van der Waals surface area contributed by atoms with Gasteiger partial charge in [-0.25, -0.2) is 5.43 Å². The van der Waals surface area contributed by atoms with Gasteiger partial charge < -0.3 is 5.11 Å². The summed E-state index contributed by atoms with van der Waals surface area (Å²) < 4.78 is 0. The summed E-state index contributed by atoms with van der Waals surface area (Å²) in [6.07, 6.45) is 0.839. The number of nitrogens with one attached hydrogen (secondary N) is 1. The predicted molar refractivity (Wildman–Crippen MR) is 41.3 cm³/mol. The number of nitrogens with zero attached hydrogens (tertiary/aromatic N) is 1. The van der Waals surface area contributed by atoms with Gasteiger partial charge >= 0.3 is 0 Å². The van der Waals surface area contributed by atoms with Gasteiger partial charge in [0.1, 0.15) is 6.23 Å². The standard InChI is InChI=1S/C7H11N3O/c1-5-6(7(11)10-8)3-2-4-9-5/h2-4,7,10-11H,8H2,1H3. The van der Waals surface area contributed by atoms with E-state index in [9.17, 15) is 5.11 Å². The summed E-state index contributed by atoms with van der Waals surface area (Å²) in [5.41, 5.74) is 3.72. The lowest BCUT2D eigenvalue weighted by molar-refractivity contribution is 0.139. The van der Waals surface area contributed by atoms with Crippen LogP contribution in [0.5, 0.6) is 0 Å². The first-order valence-corrected chi connectivity index (χ1v) is 3.31. The zero-order valence-electron chi connectivity index (χ0n) is 6.28. The molecule has 4 N–H and O–H groups in total. The van der Waals surface area contributed by atoms with Gasteiger partial charge in [-0.05, 0) is 13.0 Å². The Morgan fingerprint density at radius 2 is 2.45 bits per heavy atom. The van der Waals surface area contributed by atoms with Crippen LogP contribution in [0.25, 0.3) is 0 Å². The molecule has 0 amide bonds. The van der Waals surface area contributed by atoms with Crippen molar-refractivity contribution >= 4 is 0 Å². The lowest BCUT2D eigenvalue weighted by Gasteiger charge is -2.10. The minimum absolute atomic E-state index is 0.704. The van der Waals surface area contributed by atoms with Crippen LogP contribution in [-0.4, -0.2) is 10.1 Å². The van der Waals surface area contributed by atoms with E-state index in [0.717, 1.165) is 5.69 Å². The Morgan fingerprint density at radius 3 is 3.00 bits per heavy atom. The first kappa shape index (κ1) is 8.13. The zero-order valence-corrected chi connectivity index (χ0v) is 6.28. The van der Waals surface area contributed by atoms with E-state index < -0.39 is 6.23 Å². The van der Waals surface area contributed by atoms with Crippen molar-refractivity contribution in [3.05, 3.63) is 29.6 Å². The maximum Gasteiger partial charge on any atom is 0.144 e. The van der Waals surface area contributed by atoms with Gasteiger partial charge in [-0.2, -0.15) is 0 Å². The van der Waals surface area contributed by atoms with Crippen LogP contribution in [0.2, 0.25) is 0 Å². The lowest BCUT2D eigenvalue weighted by atomic mass is 10.2. The Bertz CT molecular complexity index is 239. The Morgan fingerprint density at radius 1 is 1.73 bits per heavy atom. The second-order valence-electron chi connectivity index (χ2n) is 2.25. The molecule has 0 saturated heterocycles. The van der Waals surface area contributed by atoms with Crippen molar-refractivity contribution in [2.24, 2.45) is 5.84 Å². The monoisotopic (exact) mass is 153 g/mol. The molecule has 0 bridgehead atoms. The van der Waals surface area contributed by atoms with Crippen molar-refractivity contribution in [2.45, 2.75) is 13.2 Å². The number of hydrazine groups is 1. The van der Waals surface area contributed by atoms with E-state index in [4.69, 9.17) is 5.84 Å². The highest BCUT2D eigenvalue weighted by Crippen LogP contribution is 2.10. The fourth-order valence-electron chi connectivity index (χ4n) is 0.875. The van der Waals surface area contributed by atoms with Crippen molar-refractivity contribution in [3.8, 4) is 0 Å². The van der Waals surface area contributed by atoms with Crippen molar-refractivity contribution in [2.75, 3.05) is 0 Å². The molecule has 4 heteroatoms. The first-order valence-electron chi connectivity index (χ1n) is 3.31. The smallest absolute Gasteiger partial charge is 0.144 e. The highest BCUT2D eigenvalue weighted by Gasteiger charge is 2.06. The molecule has 0 aromatic carbocycles. The van der Waals surface area contributed by atoms with Crippen LogP contribution in [0.4, 0.5) is 0 Å². The molecule has 0 spiro atoms. The molecule has 1 unspecified atom stereocenters. The number of aliphatic hydroxyl groups excluding tert-OH is 1. The molecule has 0 fully saturated rings. The minimum Gasteiger partial charge on any atom is -0.373 e. The van der Waals surface area contributed by atoms with Crippen LogP contribution in [0.3, 0.4) is 0 Å². The predicted octanol–water partition coefficient (Wildman–Crippen LogP) is -0.156. The Balaban J connectivity index is 2.93. The van der Waals surface area contributed by atoms with Crippen molar-refractivity contribution in [1.29, 1.82) is 0 Å². The third-order valence-corrected chi connectivity index (χ3v) is 1.50. The van der Waals surface area contributed by atoms with Crippen LogP contribution in [0, 0.1) is 6.92 Å². The number of aliphatic hydroxyl groups is 1.